The average molecular weight is 222 g/mol. The highest BCUT2D eigenvalue weighted by atomic mass is 35.5. The van der Waals surface area contributed by atoms with Crippen LogP contribution in [0, 0.1) is 18.3 Å². The molecule has 0 radical (unpaired) electrons. The van der Waals surface area contributed by atoms with E-state index in [0.29, 0.717) is 11.4 Å². The molecule has 3 heteroatoms. The van der Waals surface area contributed by atoms with Crippen LogP contribution in [0.1, 0.15) is 16.0 Å². The van der Waals surface area contributed by atoms with E-state index >= 15 is 0 Å². The van der Waals surface area contributed by atoms with Crippen LogP contribution in [0.25, 0.3) is 10.1 Å². The van der Waals surface area contributed by atoms with Crippen molar-refractivity contribution in [3.8, 4) is 6.07 Å². The lowest BCUT2D eigenvalue weighted by molar-refractivity contribution is 1.40. The van der Waals surface area contributed by atoms with E-state index in [1.54, 1.807) is 11.3 Å². The summed E-state index contributed by atoms with van der Waals surface area (Å²) in [7, 11) is 0. The molecule has 0 atom stereocenters. The fraction of sp³-hybridized carbons (Fsp3) is 0.182. The molecule has 0 saturated heterocycles. The van der Waals surface area contributed by atoms with Crippen LogP contribution >= 0.6 is 22.9 Å². The lowest BCUT2D eigenvalue weighted by Crippen LogP contribution is -1.85. The van der Waals surface area contributed by atoms with Gasteiger partial charge in [-0.1, -0.05) is 6.07 Å². The number of fused-ring (bicyclic) bond motifs is 1. The first-order valence-corrected chi connectivity index (χ1v) is 5.59. The van der Waals surface area contributed by atoms with Gasteiger partial charge >= 0.3 is 0 Å². The SMILES string of the molecule is Cc1cc2ccc(C#N)c(CCl)c2s1. The average Bonchev–Trinajstić information content (AvgIpc) is 2.56. The maximum Gasteiger partial charge on any atom is 0.0995 e. The molecule has 1 heterocycles. The molecule has 1 aromatic carbocycles. The summed E-state index contributed by atoms with van der Waals surface area (Å²) in [5.41, 5.74) is 1.65. The molecule has 2 rings (SSSR count). The molecule has 0 aliphatic carbocycles. The summed E-state index contributed by atoms with van der Waals surface area (Å²) >= 11 is 7.55. The second-order valence-electron chi connectivity index (χ2n) is 3.11. The molecule has 0 bridgehead atoms. The Morgan fingerprint density at radius 1 is 1.50 bits per heavy atom. The summed E-state index contributed by atoms with van der Waals surface area (Å²) in [4.78, 5) is 1.25. The summed E-state index contributed by atoms with van der Waals surface area (Å²) in [6.07, 6.45) is 0. The van der Waals surface area contributed by atoms with Crippen molar-refractivity contribution in [3.05, 3.63) is 34.2 Å². The van der Waals surface area contributed by atoms with E-state index in [4.69, 9.17) is 16.9 Å². The van der Waals surface area contributed by atoms with Gasteiger partial charge in [-0.15, -0.1) is 22.9 Å². The van der Waals surface area contributed by atoms with Crippen molar-refractivity contribution in [2.75, 3.05) is 0 Å². The van der Waals surface area contributed by atoms with Crippen molar-refractivity contribution in [2.24, 2.45) is 0 Å². The van der Waals surface area contributed by atoms with Crippen LogP contribution in [0.4, 0.5) is 0 Å². The molecule has 0 saturated carbocycles. The van der Waals surface area contributed by atoms with Crippen LogP contribution in [0.3, 0.4) is 0 Å². The van der Waals surface area contributed by atoms with Gasteiger partial charge in [0.25, 0.3) is 0 Å². The smallest absolute Gasteiger partial charge is 0.0995 e. The minimum Gasteiger partial charge on any atom is -0.192 e. The fourth-order valence-electron chi connectivity index (χ4n) is 1.53. The second-order valence-corrected chi connectivity index (χ2v) is 4.64. The molecule has 0 unspecified atom stereocenters. The maximum atomic E-state index is 8.91. The van der Waals surface area contributed by atoms with E-state index in [0.717, 1.165) is 10.3 Å². The largest absolute Gasteiger partial charge is 0.192 e. The predicted octanol–water partition coefficient (Wildman–Crippen LogP) is 3.82. The van der Waals surface area contributed by atoms with Crippen LogP contribution in [0.2, 0.25) is 0 Å². The lowest BCUT2D eigenvalue weighted by Gasteiger charge is -2.00. The molecule has 0 spiro atoms. The molecule has 2 aromatic rings. The van der Waals surface area contributed by atoms with Crippen LogP contribution < -0.4 is 0 Å². The number of nitriles is 1. The van der Waals surface area contributed by atoms with Crippen molar-refractivity contribution in [1.29, 1.82) is 5.26 Å². The Hall–Kier alpha value is -1.04. The van der Waals surface area contributed by atoms with Gasteiger partial charge in [0.15, 0.2) is 0 Å². The van der Waals surface area contributed by atoms with Gasteiger partial charge in [-0.25, -0.2) is 0 Å². The summed E-state index contributed by atoms with van der Waals surface area (Å²) < 4.78 is 1.15. The molecule has 14 heavy (non-hydrogen) atoms. The van der Waals surface area contributed by atoms with E-state index in [2.05, 4.69) is 19.1 Å². The number of thiophene rings is 1. The van der Waals surface area contributed by atoms with E-state index in [-0.39, 0.29) is 0 Å². The monoisotopic (exact) mass is 221 g/mol. The molecule has 0 amide bonds. The first kappa shape index (κ1) is 9.51. The van der Waals surface area contributed by atoms with Gasteiger partial charge in [-0.05, 0) is 24.4 Å². The van der Waals surface area contributed by atoms with Gasteiger partial charge in [0.1, 0.15) is 0 Å². The third kappa shape index (κ3) is 1.39. The molecule has 0 aliphatic heterocycles. The maximum absolute atomic E-state index is 8.91. The van der Waals surface area contributed by atoms with Crippen LogP contribution in [-0.4, -0.2) is 0 Å². The Morgan fingerprint density at radius 2 is 2.29 bits per heavy atom. The van der Waals surface area contributed by atoms with Gasteiger partial charge in [0.05, 0.1) is 17.5 Å². The van der Waals surface area contributed by atoms with E-state index < -0.39 is 0 Å². The Kier molecular flexibility index (Phi) is 2.45. The number of halogens is 1. The first-order valence-electron chi connectivity index (χ1n) is 4.24. The number of benzene rings is 1. The van der Waals surface area contributed by atoms with E-state index in [1.807, 2.05) is 12.1 Å². The standard InChI is InChI=1S/C11H8ClNS/c1-7-4-8-2-3-9(6-13)10(5-12)11(8)14-7/h2-4H,5H2,1H3. The molecule has 70 valence electrons. The highest BCUT2D eigenvalue weighted by Gasteiger charge is 2.08. The van der Waals surface area contributed by atoms with Gasteiger partial charge in [-0.2, -0.15) is 5.26 Å². The van der Waals surface area contributed by atoms with E-state index in [9.17, 15) is 0 Å². The fourth-order valence-corrected chi connectivity index (χ4v) is 2.94. The quantitative estimate of drug-likeness (QED) is 0.672. The zero-order valence-corrected chi connectivity index (χ0v) is 9.25. The second kappa shape index (κ2) is 3.61. The van der Waals surface area contributed by atoms with Crippen molar-refractivity contribution in [1.82, 2.24) is 0 Å². The van der Waals surface area contributed by atoms with Gasteiger partial charge in [0.2, 0.25) is 0 Å². The third-order valence-corrected chi connectivity index (χ3v) is 3.56. The minimum absolute atomic E-state index is 0.403. The van der Waals surface area contributed by atoms with Crippen LogP contribution in [-0.2, 0) is 5.88 Å². The zero-order valence-electron chi connectivity index (χ0n) is 7.67. The number of alkyl halides is 1. The highest BCUT2D eigenvalue weighted by molar-refractivity contribution is 7.19. The number of hydrogen-bond donors (Lipinski definition) is 0. The normalized spacial score (nSPS) is 10.4. The molecule has 0 N–H and O–H groups in total. The summed E-state index contributed by atoms with van der Waals surface area (Å²) in [6, 6.07) is 8.11. The molecular formula is C11H8ClNS. The van der Waals surface area contributed by atoms with Gasteiger partial charge in [-0.3, -0.25) is 0 Å². The molecule has 1 aromatic heterocycles. The number of nitrogens with zero attached hydrogens (tertiary/aromatic N) is 1. The predicted molar refractivity (Wildman–Crippen MR) is 60.8 cm³/mol. The zero-order chi connectivity index (χ0) is 10.1. The first-order chi connectivity index (χ1) is 6.76. The third-order valence-electron chi connectivity index (χ3n) is 2.17. The van der Waals surface area contributed by atoms with Gasteiger partial charge < -0.3 is 0 Å². The Balaban J connectivity index is 2.84. The lowest BCUT2D eigenvalue weighted by atomic mass is 10.1. The minimum atomic E-state index is 0.403. The van der Waals surface area contributed by atoms with Crippen molar-refractivity contribution >= 4 is 33.0 Å². The van der Waals surface area contributed by atoms with Crippen molar-refractivity contribution in [3.63, 3.8) is 0 Å². The number of aryl methyl sites for hydroxylation is 1. The highest BCUT2D eigenvalue weighted by Crippen LogP contribution is 2.31. The van der Waals surface area contributed by atoms with E-state index in [1.165, 1.54) is 10.3 Å². The van der Waals surface area contributed by atoms with Crippen molar-refractivity contribution < 1.29 is 0 Å². The summed E-state index contributed by atoms with van der Waals surface area (Å²) in [5.74, 6) is 0.403. The molecule has 0 aliphatic rings. The molecule has 0 fully saturated rings. The van der Waals surface area contributed by atoms with Crippen LogP contribution in [0.5, 0.6) is 0 Å². The summed E-state index contributed by atoms with van der Waals surface area (Å²) in [5, 5.41) is 10.1. The van der Waals surface area contributed by atoms with Gasteiger partial charge in [0, 0.05) is 15.1 Å². The Bertz CT molecular complexity index is 522. The van der Waals surface area contributed by atoms with Crippen molar-refractivity contribution in [2.45, 2.75) is 12.8 Å². The topological polar surface area (TPSA) is 23.8 Å². The Labute approximate surface area is 91.5 Å². The summed E-state index contributed by atoms with van der Waals surface area (Å²) in [6.45, 7) is 2.06. The molecular weight excluding hydrogens is 214 g/mol. The van der Waals surface area contributed by atoms with Crippen LogP contribution in [0.15, 0.2) is 18.2 Å². The number of hydrogen-bond acceptors (Lipinski definition) is 2. The molecule has 1 nitrogen and oxygen atoms in total. The Morgan fingerprint density at radius 3 is 2.93 bits per heavy atom. The number of rotatable bonds is 1.